The number of carbonyl (C=O) groups is 2. The number of aryl methyl sites for hydroxylation is 1. The molecule has 2 aromatic carbocycles. The van der Waals surface area contributed by atoms with Crippen LogP contribution in [0.25, 0.3) is 0 Å². The summed E-state index contributed by atoms with van der Waals surface area (Å²) in [6, 6.07) is 16.6. The minimum atomic E-state index is -0.261. The second kappa shape index (κ2) is 9.62. The molecule has 0 unspecified atom stereocenters. The van der Waals surface area contributed by atoms with Gasteiger partial charge in [-0.25, -0.2) is 5.01 Å². The number of hydrogen-bond donors (Lipinski definition) is 1. The van der Waals surface area contributed by atoms with Crippen molar-refractivity contribution in [2.75, 3.05) is 6.54 Å². The molecule has 0 spiro atoms. The van der Waals surface area contributed by atoms with Crippen LogP contribution >= 0.6 is 0 Å². The third-order valence-corrected chi connectivity index (χ3v) is 3.99. The van der Waals surface area contributed by atoms with Gasteiger partial charge in [0.2, 0.25) is 0 Å². The van der Waals surface area contributed by atoms with Gasteiger partial charge in [-0.2, -0.15) is 0 Å². The maximum Gasteiger partial charge on any atom is 0.272 e. The smallest absolute Gasteiger partial charge is 0.267 e. The van der Waals surface area contributed by atoms with Crippen molar-refractivity contribution < 1.29 is 9.59 Å². The Bertz CT molecular complexity index is 681. The molecule has 0 radical (unpaired) electrons. The molecule has 0 aliphatic rings. The number of nitrogens with zero attached hydrogens (tertiary/aromatic N) is 1. The maximum absolute atomic E-state index is 12.7. The minimum absolute atomic E-state index is 0.190. The normalized spacial score (nSPS) is 10.3. The van der Waals surface area contributed by atoms with Gasteiger partial charge in [0.05, 0.1) is 0 Å². The van der Waals surface area contributed by atoms with Crippen LogP contribution in [-0.2, 0) is 6.42 Å². The molecule has 4 nitrogen and oxygen atoms in total. The lowest BCUT2D eigenvalue weighted by Crippen LogP contribution is -2.46. The molecule has 1 N–H and O–H groups in total. The van der Waals surface area contributed by atoms with E-state index in [1.54, 1.807) is 12.1 Å². The fraction of sp³-hybridized carbons (Fsp3) is 0.333. The summed E-state index contributed by atoms with van der Waals surface area (Å²) in [5.41, 5.74) is 5.10. The van der Waals surface area contributed by atoms with E-state index in [4.69, 9.17) is 0 Å². The van der Waals surface area contributed by atoms with E-state index in [-0.39, 0.29) is 11.8 Å². The Morgan fingerprint density at radius 2 is 1.56 bits per heavy atom. The van der Waals surface area contributed by atoms with Crippen LogP contribution in [0.2, 0.25) is 0 Å². The standard InChI is InChI=1S/C21H26N2O2/c1-3-5-16-23(21(25)19-10-7-6-8-11-19)22-20(24)18-14-12-17(9-4-2)13-15-18/h6-8,10-15H,3-5,9,16H2,1-2H3,(H,22,24). The highest BCUT2D eigenvalue weighted by molar-refractivity contribution is 5.99. The predicted octanol–water partition coefficient (Wildman–Crippen LogP) is 4.23. The first kappa shape index (κ1) is 18.7. The molecular weight excluding hydrogens is 312 g/mol. The highest BCUT2D eigenvalue weighted by Crippen LogP contribution is 2.09. The molecule has 2 rings (SSSR count). The van der Waals surface area contributed by atoms with Crippen molar-refractivity contribution in [2.24, 2.45) is 0 Å². The Balaban J connectivity index is 2.10. The second-order valence-corrected chi connectivity index (χ2v) is 6.06. The summed E-state index contributed by atoms with van der Waals surface area (Å²) in [5.74, 6) is -0.451. The molecule has 0 aliphatic heterocycles. The molecule has 4 heteroatoms. The third-order valence-electron chi connectivity index (χ3n) is 3.99. The molecule has 0 heterocycles. The first-order valence-electron chi connectivity index (χ1n) is 8.92. The number of hydrogen-bond acceptors (Lipinski definition) is 2. The van der Waals surface area contributed by atoms with E-state index in [2.05, 4.69) is 19.3 Å². The van der Waals surface area contributed by atoms with Gasteiger partial charge in [-0.1, -0.05) is 57.0 Å². The van der Waals surface area contributed by atoms with Crippen LogP contribution in [0.5, 0.6) is 0 Å². The van der Waals surface area contributed by atoms with E-state index >= 15 is 0 Å². The van der Waals surface area contributed by atoms with Crippen molar-refractivity contribution in [3.05, 3.63) is 71.3 Å². The highest BCUT2D eigenvalue weighted by Gasteiger charge is 2.18. The third kappa shape index (κ3) is 5.45. The van der Waals surface area contributed by atoms with Gasteiger partial charge >= 0.3 is 0 Å². The van der Waals surface area contributed by atoms with Gasteiger partial charge in [-0.05, 0) is 42.7 Å². The largest absolute Gasteiger partial charge is 0.272 e. The van der Waals surface area contributed by atoms with E-state index in [9.17, 15) is 9.59 Å². The lowest BCUT2D eigenvalue weighted by molar-refractivity contribution is 0.0580. The fourth-order valence-electron chi connectivity index (χ4n) is 2.56. The Hall–Kier alpha value is -2.62. The maximum atomic E-state index is 12.7. The number of benzene rings is 2. The van der Waals surface area contributed by atoms with Gasteiger partial charge in [0.15, 0.2) is 0 Å². The molecular formula is C21H26N2O2. The Kier molecular flexibility index (Phi) is 7.20. The molecule has 0 aromatic heterocycles. The zero-order valence-electron chi connectivity index (χ0n) is 15.0. The zero-order chi connectivity index (χ0) is 18.1. The van der Waals surface area contributed by atoms with E-state index < -0.39 is 0 Å². The van der Waals surface area contributed by atoms with Crippen LogP contribution in [0, 0.1) is 0 Å². The molecule has 2 amide bonds. The van der Waals surface area contributed by atoms with Gasteiger partial charge in [-0.3, -0.25) is 15.0 Å². The number of carbonyl (C=O) groups excluding carboxylic acids is 2. The summed E-state index contributed by atoms with van der Waals surface area (Å²) < 4.78 is 0. The van der Waals surface area contributed by atoms with Crippen molar-refractivity contribution in [2.45, 2.75) is 39.5 Å². The van der Waals surface area contributed by atoms with E-state index in [1.807, 2.05) is 42.5 Å². The molecule has 132 valence electrons. The van der Waals surface area contributed by atoms with Gasteiger partial charge < -0.3 is 0 Å². The van der Waals surface area contributed by atoms with Crippen molar-refractivity contribution >= 4 is 11.8 Å². The lowest BCUT2D eigenvalue weighted by atomic mass is 10.1. The van der Waals surface area contributed by atoms with Crippen molar-refractivity contribution in [3.8, 4) is 0 Å². The average molecular weight is 338 g/mol. The van der Waals surface area contributed by atoms with Crippen LogP contribution in [0.3, 0.4) is 0 Å². The summed E-state index contributed by atoms with van der Waals surface area (Å²) in [5, 5.41) is 1.42. The molecule has 0 saturated carbocycles. The van der Waals surface area contributed by atoms with Crippen LogP contribution in [0.4, 0.5) is 0 Å². The van der Waals surface area contributed by atoms with Crippen LogP contribution < -0.4 is 5.43 Å². The molecule has 0 bridgehead atoms. The molecule has 0 fully saturated rings. The highest BCUT2D eigenvalue weighted by atomic mass is 16.2. The van der Waals surface area contributed by atoms with Crippen molar-refractivity contribution in [1.29, 1.82) is 0 Å². The predicted molar refractivity (Wildman–Crippen MR) is 100 cm³/mol. The average Bonchev–Trinajstić information content (AvgIpc) is 2.66. The first-order chi connectivity index (χ1) is 12.2. The van der Waals surface area contributed by atoms with Gasteiger partial charge in [-0.15, -0.1) is 0 Å². The van der Waals surface area contributed by atoms with E-state index in [0.717, 1.165) is 25.7 Å². The first-order valence-corrected chi connectivity index (χ1v) is 8.92. The summed E-state index contributed by atoms with van der Waals surface area (Å²) in [4.78, 5) is 25.2. The molecule has 0 aliphatic carbocycles. The Morgan fingerprint density at radius 3 is 2.16 bits per heavy atom. The molecule has 0 saturated heterocycles. The number of unbranched alkanes of at least 4 members (excludes halogenated alkanes) is 1. The number of hydrazine groups is 1. The van der Waals surface area contributed by atoms with E-state index in [0.29, 0.717) is 17.7 Å². The van der Waals surface area contributed by atoms with Crippen molar-refractivity contribution in [1.82, 2.24) is 10.4 Å². The summed E-state index contributed by atoms with van der Waals surface area (Å²) in [6.45, 7) is 4.67. The van der Waals surface area contributed by atoms with Gasteiger partial charge in [0.1, 0.15) is 0 Å². The quantitative estimate of drug-likeness (QED) is 0.768. The monoisotopic (exact) mass is 338 g/mol. The zero-order valence-corrected chi connectivity index (χ0v) is 15.0. The molecule has 2 aromatic rings. The fourth-order valence-corrected chi connectivity index (χ4v) is 2.56. The number of rotatable bonds is 7. The van der Waals surface area contributed by atoms with Crippen LogP contribution in [0.15, 0.2) is 54.6 Å². The Morgan fingerprint density at radius 1 is 0.880 bits per heavy atom. The minimum Gasteiger partial charge on any atom is -0.267 e. The second-order valence-electron chi connectivity index (χ2n) is 6.06. The Labute approximate surface area is 149 Å². The van der Waals surface area contributed by atoms with Crippen molar-refractivity contribution in [3.63, 3.8) is 0 Å². The number of nitrogens with one attached hydrogen (secondary N) is 1. The topological polar surface area (TPSA) is 49.4 Å². The van der Waals surface area contributed by atoms with E-state index in [1.165, 1.54) is 10.6 Å². The van der Waals surface area contributed by atoms with Crippen LogP contribution in [-0.4, -0.2) is 23.4 Å². The summed E-state index contributed by atoms with van der Waals surface area (Å²) in [6.07, 6.45) is 3.84. The SMILES string of the molecule is CCCCN(NC(=O)c1ccc(CCC)cc1)C(=O)c1ccccc1. The van der Waals surface area contributed by atoms with Gasteiger partial charge in [0, 0.05) is 17.7 Å². The van der Waals surface area contributed by atoms with Gasteiger partial charge in [0.25, 0.3) is 11.8 Å². The van der Waals surface area contributed by atoms with Crippen LogP contribution in [0.1, 0.15) is 59.4 Å². The lowest BCUT2D eigenvalue weighted by Gasteiger charge is -2.23. The summed E-state index contributed by atoms with van der Waals surface area (Å²) in [7, 11) is 0. The molecule has 25 heavy (non-hydrogen) atoms. The number of amides is 2. The molecule has 0 atom stereocenters. The summed E-state index contributed by atoms with van der Waals surface area (Å²) >= 11 is 0.